The fourth-order valence-electron chi connectivity index (χ4n) is 5.02. The van der Waals surface area contributed by atoms with Crippen LogP contribution in [0.25, 0.3) is 11.0 Å². The number of ether oxygens (including phenoxy) is 1. The number of carbonyl (C=O) groups excluding carboxylic acids is 2. The van der Waals surface area contributed by atoms with Crippen molar-refractivity contribution >= 4 is 22.8 Å². The van der Waals surface area contributed by atoms with Crippen LogP contribution in [0.15, 0.2) is 47.1 Å². The molecule has 2 aromatic carbocycles. The Kier molecular flexibility index (Phi) is 7.76. The Morgan fingerprint density at radius 2 is 1.97 bits per heavy atom. The van der Waals surface area contributed by atoms with Gasteiger partial charge in [-0.25, -0.2) is 0 Å². The van der Waals surface area contributed by atoms with E-state index in [1.165, 1.54) is 0 Å². The standard InChI is InChI=1S/C27H34N4O5/c1-18(2)14-26(32)29(3)25(16-19-6-5-7-22(15-19)35-4)20-10-12-30(13-11-20)27(33)21-8-9-24-23(17-21)28-36-31(24)34/h5-9,15,17-18,20,25H,10-14,16H2,1-4H3. The van der Waals surface area contributed by atoms with E-state index in [4.69, 9.17) is 4.74 Å². The summed E-state index contributed by atoms with van der Waals surface area (Å²) < 4.78 is 10.0. The summed E-state index contributed by atoms with van der Waals surface area (Å²) in [5, 5.41) is 15.3. The highest BCUT2D eigenvalue weighted by Gasteiger charge is 2.33. The van der Waals surface area contributed by atoms with Gasteiger partial charge in [0.25, 0.3) is 5.91 Å². The van der Waals surface area contributed by atoms with Gasteiger partial charge >= 0.3 is 0 Å². The molecule has 1 atom stereocenters. The smallest absolute Gasteiger partial charge is 0.254 e. The van der Waals surface area contributed by atoms with E-state index in [-0.39, 0.29) is 29.7 Å². The van der Waals surface area contributed by atoms with Crippen LogP contribution in [-0.2, 0) is 11.2 Å². The number of methoxy groups -OCH3 is 1. The van der Waals surface area contributed by atoms with Gasteiger partial charge in [-0.15, -0.1) is 0 Å². The predicted molar refractivity (Wildman–Crippen MR) is 134 cm³/mol. The topological polar surface area (TPSA) is 103 Å². The molecule has 0 radical (unpaired) electrons. The fraction of sp³-hybridized carbons (Fsp3) is 0.481. The highest BCUT2D eigenvalue weighted by atomic mass is 16.8. The first kappa shape index (κ1) is 25.5. The van der Waals surface area contributed by atoms with Gasteiger partial charge in [0.2, 0.25) is 16.9 Å². The van der Waals surface area contributed by atoms with Crippen LogP contribution in [0.5, 0.6) is 5.75 Å². The molecule has 9 heteroatoms. The van der Waals surface area contributed by atoms with E-state index in [0.29, 0.717) is 41.0 Å². The molecule has 3 aromatic rings. The lowest BCUT2D eigenvalue weighted by Gasteiger charge is -2.40. The fourth-order valence-corrected chi connectivity index (χ4v) is 5.02. The number of fused-ring (bicyclic) bond motifs is 1. The maximum Gasteiger partial charge on any atom is 0.254 e. The van der Waals surface area contributed by atoms with E-state index in [1.807, 2.05) is 35.0 Å². The van der Waals surface area contributed by atoms with Crippen molar-refractivity contribution in [3.8, 4) is 5.75 Å². The Morgan fingerprint density at radius 3 is 2.67 bits per heavy atom. The van der Waals surface area contributed by atoms with Crippen LogP contribution in [-0.4, -0.2) is 60.1 Å². The normalized spacial score (nSPS) is 15.3. The first-order valence-electron chi connectivity index (χ1n) is 12.4. The zero-order valence-electron chi connectivity index (χ0n) is 21.3. The molecule has 192 valence electrons. The average Bonchev–Trinajstić information content (AvgIpc) is 3.26. The van der Waals surface area contributed by atoms with Gasteiger partial charge in [0.05, 0.1) is 7.11 Å². The Balaban J connectivity index is 1.47. The quantitative estimate of drug-likeness (QED) is 0.445. The highest BCUT2D eigenvalue weighted by molar-refractivity contribution is 5.97. The number of likely N-dealkylation sites (tertiary alicyclic amines) is 1. The third kappa shape index (κ3) is 5.61. The Labute approximate surface area is 211 Å². The van der Waals surface area contributed by atoms with Crippen LogP contribution >= 0.6 is 0 Å². The molecule has 1 aliphatic heterocycles. The third-order valence-electron chi connectivity index (χ3n) is 7.06. The van der Waals surface area contributed by atoms with Crippen LogP contribution in [0.2, 0.25) is 0 Å². The summed E-state index contributed by atoms with van der Waals surface area (Å²) in [5.74, 6) is 1.40. The van der Waals surface area contributed by atoms with E-state index in [9.17, 15) is 14.8 Å². The summed E-state index contributed by atoms with van der Waals surface area (Å²) in [5.41, 5.74) is 2.25. The lowest BCUT2D eigenvalue weighted by atomic mass is 9.84. The number of benzene rings is 2. The molecule has 36 heavy (non-hydrogen) atoms. The van der Waals surface area contributed by atoms with Gasteiger partial charge in [-0.1, -0.05) is 26.0 Å². The molecule has 1 fully saturated rings. The van der Waals surface area contributed by atoms with Gasteiger partial charge in [0, 0.05) is 49.4 Å². The largest absolute Gasteiger partial charge is 0.497 e. The van der Waals surface area contributed by atoms with Crippen molar-refractivity contribution in [1.29, 1.82) is 0 Å². The van der Waals surface area contributed by atoms with Crippen molar-refractivity contribution in [2.45, 2.75) is 45.6 Å². The van der Waals surface area contributed by atoms with Crippen LogP contribution in [0.1, 0.15) is 49.0 Å². The maximum atomic E-state index is 13.2. The number of hydrogen-bond acceptors (Lipinski definition) is 6. The maximum absolute atomic E-state index is 13.2. The number of rotatable bonds is 8. The summed E-state index contributed by atoms with van der Waals surface area (Å²) >= 11 is 0. The lowest BCUT2D eigenvalue weighted by molar-refractivity contribution is -0.782. The minimum Gasteiger partial charge on any atom is -0.497 e. The molecule has 0 saturated carbocycles. The molecule has 0 bridgehead atoms. The summed E-state index contributed by atoms with van der Waals surface area (Å²) in [6.45, 7) is 5.31. The number of hydrogen-bond donors (Lipinski definition) is 0. The van der Waals surface area contributed by atoms with Gasteiger partial charge in [0.1, 0.15) is 5.75 Å². The molecule has 1 aromatic heterocycles. The highest BCUT2D eigenvalue weighted by Crippen LogP contribution is 2.29. The van der Waals surface area contributed by atoms with Crippen molar-refractivity contribution in [2.24, 2.45) is 11.8 Å². The van der Waals surface area contributed by atoms with E-state index < -0.39 is 0 Å². The molecule has 9 nitrogen and oxygen atoms in total. The first-order chi connectivity index (χ1) is 17.3. The van der Waals surface area contributed by atoms with Crippen LogP contribution in [0.4, 0.5) is 0 Å². The average molecular weight is 495 g/mol. The molecule has 0 N–H and O–H groups in total. The van der Waals surface area contributed by atoms with E-state index in [0.717, 1.165) is 30.6 Å². The minimum atomic E-state index is -0.0932. The Morgan fingerprint density at radius 1 is 1.22 bits per heavy atom. The second kappa shape index (κ2) is 11.0. The van der Waals surface area contributed by atoms with Gasteiger partial charge < -0.3 is 19.7 Å². The minimum absolute atomic E-state index is 0.0274. The Hall–Kier alpha value is -3.62. The van der Waals surface area contributed by atoms with Crippen molar-refractivity contribution in [2.75, 3.05) is 27.2 Å². The zero-order valence-corrected chi connectivity index (χ0v) is 21.3. The van der Waals surface area contributed by atoms with Crippen molar-refractivity contribution < 1.29 is 23.9 Å². The van der Waals surface area contributed by atoms with Gasteiger partial charge in [0.15, 0.2) is 0 Å². The third-order valence-corrected chi connectivity index (χ3v) is 7.06. The van der Waals surface area contributed by atoms with E-state index >= 15 is 0 Å². The molecular formula is C27H34N4O5. The molecule has 1 aliphatic rings. The number of aromatic nitrogens is 2. The molecule has 1 saturated heterocycles. The number of piperidine rings is 1. The molecule has 2 heterocycles. The van der Waals surface area contributed by atoms with Crippen molar-refractivity contribution in [3.63, 3.8) is 0 Å². The van der Waals surface area contributed by atoms with E-state index in [2.05, 4.69) is 29.7 Å². The summed E-state index contributed by atoms with van der Waals surface area (Å²) in [4.78, 5) is 30.3. The molecular weight excluding hydrogens is 460 g/mol. The Bertz CT molecular complexity index is 1220. The number of carbonyl (C=O) groups is 2. The zero-order chi connectivity index (χ0) is 25.8. The summed E-state index contributed by atoms with van der Waals surface area (Å²) in [7, 11) is 3.56. The second-order valence-corrected chi connectivity index (χ2v) is 9.99. The monoisotopic (exact) mass is 494 g/mol. The predicted octanol–water partition coefficient (Wildman–Crippen LogP) is 3.44. The van der Waals surface area contributed by atoms with Gasteiger partial charge in [-0.05, 0) is 65.8 Å². The second-order valence-electron chi connectivity index (χ2n) is 9.99. The van der Waals surface area contributed by atoms with Crippen LogP contribution < -0.4 is 9.64 Å². The van der Waals surface area contributed by atoms with Crippen LogP contribution in [0.3, 0.4) is 0 Å². The molecule has 4 rings (SSSR count). The molecule has 1 unspecified atom stereocenters. The first-order valence-corrected chi connectivity index (χ1v) is 12.4. The van der Waals surface area contributed by atoms with E-state index in [1.54, 1.807) is 25.3 Å². The van der Waals surface area contributed by atoms with Crippen molar-refractivity contribution in [1.82, 2.24) is 15.0 Å². The number of nitrogens with zero attached hydrogens (tertiary/aromatic N) is 4. The molecule has 2 amide bonds. The number of amides is 2. The lowest BCUT2D eigenvalue weighted by Crippen LogP contribution is -2.48. The number of likely N-dealkylation sites (N-methyl/N-ethyl adjacent to an activating group) is 1. The van der Waals surface area contributed by atoms with Gasteiger partial charge in [-0.2, -0.15) is 0 Å². The molecule has 0 spiro atoms. The van der Waals surface area contributed by atoms with Crippen molar-refractivity contribution in [3.05, 3.63) is 58.8 Å². The summed E-state index contributed by atoms with van der Waals surface area (Å²) in [6, 6.07) is 12.8. The van der Waals surface area contributed by atoms with Crippen LogP contribution in [0, 0.1) is 17.0 Å². The summed E-state index contributed by atoms with van der Waals surface area (Å²) in [6.07, 6.45) is 2.84. The molecule has 0 aliphatic carbocycles. The SMILES string of the molecule is COc1cccc(CC(C2CCN(C(=O)c3ccc4c(c3)no[n+]4[O-])CC2)N(C)C(=O)CC(C)C)c1. The van der Waals surface area contributed by atoms with Gasteiger partial charge in [-0.3, -0.25) is 14.2 Å².